The van der Waals surface area contributed by atoms with E-state index in [0.717, 1.165) is 23.0 Å². The van der Waals surface area contributed by atoms with Gasteiger partial charge in [-0.1, -0.05) is 24.6 Å². The number of pyridine rings is 2. The highest BCUT2D eigenvalue weighted by molar-refractivity contribution is 6.31. The standard InChI is InChI=1S/C23H20ClF3N2O5/c1-12-8-15(11-29(3)20(12)30)22(33,23(25,26)27)13(2)17-6-5-16(9-18(17)24)34-19-7-4-14(10-28-19)21(31)32/h4-11,13,33H,1-3H3,(H,31,32). The minimum atomic E-state index is -5.09. The molecule has 0 aliphatic heterocycles. The summed E-state index contributed by atoms with van der Waals surface area (Å²) < 4.78 is 49.1. The molecule has 0 radical (unpaired) electrons. The Bertz CT molecular complexity index is 1260. The number of aromatic carboxylic acids is 1. The monoisotopic (exact) mass is 496 g/mol. The molecule has 11 heteroatoms. The Morgan fingerprint density at radius 1 is 1.21 bits per heavy atom. The van der Waals surface area contributed by atoms with Gasteiger partial charge in [0.25, 0.3) is 5.56 Å². The third kappa shape index (κ3) is 4.64. The number of aliphatic hydroxyl groups is 1. The van der Waals surface area contributed by atoms with Crippen LogP contribution in [-0.2, 0) is 12.6 Å². The van der Waals surface area contributed by atoms with Crippen LogP contribution in [-0.4, -0.2) is 31.9 Å². The number of aryl methyl sites for hydroxylation is 2. The topological polar surface area (TPSA) is 102 Å². The number of carboxylic acids is 1. The fourth-order valence-electron chi connectivity index (χ4n) is 3.58. The number of hydrogen-bond donors (Lipinski definition) is 2. The van der Waals surface area contributed by atoms with Crippen molar-refractivity contribution >= 4 is 17.6 Å². The van der Waals surface area contributed by atoms with E-state index in [2.05, 4.69) is 4.98 Å². The maximum atomic E-state index is 14.2. The highest BCUT2D eigenvalue weighted by Crippen LogP contribution is 2.50. The van der Waals surface area contributed by atoms with Crippen molar-refractivity contribution in [2.24, 2.45) is 7.05 Å². The lowest BCUT2D eigenvalue weighted by Gasteiger charge is -2.37. The van der Waals surface area contributed by atoms with Gasteiger partial charge in [0.05, 0.1) is 5.56 Å². The van der Waals surface area contributed by atoms with Gasteiger partial charge in [-0.15, -0.1) is 0 Å². The number of nitrogens with zero attached hydrogens (tertiary/aromatic N) is 2. The first-order valence-electron chi connectivity index (χ1n) is 9.89. The Labute approximate surface area is 197 Å². The van der Waals surface area contributed by atoms with Crippen LogP contribution in [0, 0.1) is 6.92 Å². The summed E-state index contributed by atoms with van der Waals surface area (Å²) >= 11 is 6.28. The maximum absolute atomic E-state index is 14.2. The Morgan fingerprint density at radius 3 is 2.38 bits per heavy atom. The number of aromatic nitrogens is 2. The van der Waals surface area contributed by atoms with Crippen LogP contribution in [0.15, 0.2) is 53.6 Å². The summed E-state index contributed by atoms with van der Waals surface area (Å²) in [6.07, 6.45) is -3.05. The summed E-state index contributed by atoms with van der Waals surface area (Å²) in [6.45, 7) is 2.55. The average molecular weight is 497 g/mol. The van der Waals surface area contributed by atoms with E-state index < -0.39 is 34.8 Å². The zero-order valence-electron chi connectivity index (χ0n) is 18.2. The predicted octanol–water partition coefficient (Wildman–Crippen LogP) is 4.79. The van der Waals surface area contributed by atoms with Gasteiger partial charge in [0, 0.05) is 47.6 Å². The van der Waals surface area contributed by atoms with Crippen LogP contribution in [0.1, 0.15) is 39.9 Å². The first-order chi connectivity index (χ1) is 15.8. The summed E-state index contributed by atoms with van der Waals surface area (Å²) in [5, 5.41) is 19.8. The molecule has 2 N–H and O–H groups in total. The Kier molecular flexibility index (Phi) is 6.77. The molecule has 0 fully saturated rings. The van der Waals surface area contributed by atoms with Gasteiger partial charge in [-0.3, -0.25) is 4.79 Å². The van der Waals surface area contributed by atoms with Crippen molar-refractivity contribution in [3.05, 3.63) is 86.4 Å². The number of hydrogen-bond acceptors (Lipinski definition) is 5. The van der Waals surface area contributed by atoms with Gasteiger partial charge < -0.3 is 19.5 Å². The van der Waals surface area contributed by atoms with E-state index in [0.29, 0.717) is 0 Å². The second kappa shape index (κ2) is 9.11. The molecule has 2 heterocycles. The second-order valence-corrected chi connectivity index (χ2v) is 8.20. The molecule has 2 atom stereocenters. The molecule has 0 amide bonds. The van der Waals surface area contributed by atoms with Gasteiger partial charge in [0.1, 0.15) is 5.75 Å². The molecule has 0 spiro atoms. The quantitative estimate of drug-likeness (QED) is 0.509. The Hall–Kier alpha value is -3.37. The molecule has 3 aromatic rings. The zero-order valence-corrected chi connectivity index (χ0v) is 19.0. The SMILES string of the molecule is Cc1cc(C(O)(C(C)c2ccc(Oc3ccc(C(=O)O)cn3)cc2Cl)C(F)(F)F)cn(C)c1=O. The maximum Gasteiger partial charge on any atom is 0.422 e. The van der Waals surface area contributed by atoms with Crippen molar-refractivity contribution in [1.29, 1.82) is 0 Å². The average Bonchev–Trinajstić information content (AvgIpc) is 2.75. The summed E-state index contributed by atoms with van der Waals surface area (Å²) in [6, 6.07) is 7.53. The van der Waals surface area contributed by atoms with Gasteiger partial charge >= 0.3 is 12.1 Å². The lowest BCUT2D eigenvalue weighted by Crippen LogP contribution is -2.47. The zero-order chi connectivity index (χ0) is 25.4. The summed E-state index contributed by atoms with van der Waals surface area (Å²) in [5.74, 6) is -2.52. The molecule has 0 saturated heterocycles. The molecule has 0 aliphatic rings. The number of rotatable bonds is 6. The van der Waals surface area contributed by atoms with Crippen LogP contribution in [0.25, 0.3) is 0 Å². The summed E-state index contributed by atoms with van der Waals surface area (Å²) in [7, 11) is 1.30. The van der Waals surface area contributed by atoms with Gasteiger partial charge in [0.15, 0.2) is 5.60 Å². The molecule has 0 aliphatic carbocycles. The van der Waals surface area contributed by atoms with Crippen molar-refractivity contribution in [3.63, 3.8) is 0 Å². The molecule has 7 nitrogen and oxygen atoms in total. The smallest absolute Gasteiger partial charge is 0.422 e. The van der Waals surface area contributed by atoms with E-state index in [-0.39, 0.29) is 33.3 Å². The van der Waals surface area contributed by atoms with Crippen molar-refractivity contribution in [3.8, 4) is 11.6 Å². The van der Waals surface area contributed by atoms with E-state index in [1.54, 1.807) is 0 Å². The fraction of sp³-hybridized carbons (Fsp3) is 0.261. The van der Waals surface area contributed by atoms with Crippen LogP contribution in [0.5, 0.6) is 11.6 Å². The lowest BCUT2D eigenvalue weighted by molar-refractivity contribution is -0.274. The highest BCUT2D eigenvalue weighted by atomic mass is 35.5. The molecule has 0 bridgehead atoms. The van der Waals surface area contributed by atoms with Crippen LogP contribution in [0.3, 0.4) is 0 Å². The number of alkyl halides is 3. The fourth-order valence-corrected chi connectivity index (χ4v) is 3.91. The molecule has 1 aromatic carbocycles. The lowest BCUT2D eigenvalue weighted by atomic mass is 9.78. The number of halogens is 4. The van der Waals surface area contributed by atoms with Crippen LogP contribution in [0.4, 0.5) is 13.2 Å². The van der Waals surface area contributed by atoms with Gasteiger partial charge in [0.2, 0.25) is 5.88 Å². The minimum Gasteiger partial charge on any atom is -0.478 e. The van der Waals surface area contributed by atoms with E-state index in [1.165, 1.54) is 51.2 Å². The van der Waals surface area contributed by atoms with Crippen molar-refractivity contribution in [1.82, 2.24) is 9.55 Å². The van der Waals surface area contributed by atoms with Crippen molar-refractivity contribution < 1.29 is 32.9 Å². The third-order valence-electron chi connectivity index (χ3n) is 5.51. The largest absolute Gasteiger partial charge is 0.478 e. The third-order valence-corrected chi connectivity index (χ3v) is 5.83. The van der Waals surface area contributed by atoms with Gasteiger partial charge in [-0.2, -0.15) is 13.2 Å². The molecule has 0 saturated carbocycles. The highest BCUT2D eigenvalue weighted by Gasteiger charge is 2.59. The van der Waals surface area contributed by atoms with Crippen LogP contribution >= 0.6 is 11.6 Å². The van der Waals surface area contributed by atoms with Crippen LogP contribution < -0.4 is 10.3 Å². The molecule has 2 unspecified atom stereocenters. The summed E-state index contributed by atoms with van der Waals surface area (Å²) in [5.41, 5.74) is -4.32. The van der Waals surface area contributed by atoms with E-state index in [4.69, 9.17) is 21.4 Å². The predicted molar refractivity (Wildman–Crippen MR) is 118 cm³/mol. The van der Waals surface area contributed by atoms with Gasteiger partial charge in [-0.05, 0) is 36.8 Å². The molecular weight excluding hydrogens is 477 g/mol. The van der Waals surface area contributed by atoms with E-state index >= 15 is 0 Å². The first kappa shape index (κ1) is 25.3. The molecule has 180 valence electrons. The molecule has 3 rings (SSSR count). The minimum absolute atomic E-state index is 0.00506. The Balaban J connectivity index is 1.98. The number of benzene rings is 1. The Morgan fingerprint density at radius 2 is 1.88 bits per heavy atom. The molecule has 2 aromatic heterocycles. The van der Waals surface area contributed by atoms with Crippen molar-refractivity contribution in [2.75, 3.05) is 0 Å². The number of carboxylic acid groups (broad SMARTS) is 1. The van der Waals surface area contributed by atoms with Crippen molar-refractivity contribution in [2.45, 2.75) is 31.5 Å². The number of carbonyl (C=O) groups is 1. The first-order valence-corrected chi connectivity index (χ1v) is 10.3. The molecular formula is C23H20ClF3N2O5. The number of ether oxygens (including phenoxy) is 1. The van der Waals surface area contributed by atoms with Crippen LogP contribution in [0.2, 0.25) is 5.02 Å². The molecule has 34 heavy (non-hydrogen) atoms. The summed E-state index contributed by atoms with van der Waals surface area (Å²) in [4.78, 5) is 26.7. The van der Waals surface area contributed by atoms with E-state index in [1.807, 2.05) is 0 Å². The second-order valence-electron chi connectivity index (χ2n) is 7.79. The normalized spacial score (nSPS) is 14.4. The van der Waals surface area contributed by atoms with E-state index in [9.17, 15) is 27.9 Å². The van der Waals surface area contributed by atoms with Gasteiger partial charge in [-0.25, -0.2) is 9.78 Å².